The fourth-order valence-corrected chi connectivity index (χ4v) is 3.25. The minimum absolute atomic E-state index is 0.0577. The monoisotopic (exact) mass is 370 g/mol. The molecule has 0 saturated heterocycles. The van der Waals surface area contributed by atoms with E-state index in [1.807, 2.05) is 37.3 Å². The predicted molar refractivity (Wildman–Crippen MR) is 103 cm³/mol. The van der Waals surface area contributed by atoms with Crippen LogP contribution in [0.5, 0.6) is 0 Å². The minimum atomic E-state index is -0.411. The molecule has 1 aliphatic rings. The maximum atomic E-state index is 12.6. The van der Waals surface area contributed by atoms with Crippen molar-refractivity contribution in [3.05, 3.63) is 70.7 Å². The molecule has 2 atom stereocenters. The zero-order chi connectivity index (χ0) is 18.5. The van der Waals surface area contributed by atoms with Gasteiger partial charge in [-0.15, -0.1) is 0 Å². The maximum absolute atomic E-state index is 12.6. The third kappa shape index (κ3) is 4.85. The van der Waals surface area contributed by atoms with Crippen LogP contribution < -0.4 is 10.6 Å². The Balaban J connectivity index is 1.72. The number of halogens is 1. The Bertz CT molecular complexity index is 775. The quantitative estimate of drug-likeness (QED) is 0.770. The minimum Gasteiger partial charge on any atom is -0.353 e. The van der Waals surface area contributed by atoms with E-state index in [9.17, 15) is 9.59 Å². The Labute approximate surface area is 158 Å². The van der Waals surface area contributed by atoms with E-state index in [2.05, 4.69) is 10.6 Å². The number of nitrogens with one attached hydrogen (secondary N) is 2. The molecule has 3 rings (SSSR count). The number of amides is 2. The SMILES string of the molecule is CC(NC(=O)CC(NC(=O)c1ccccc1Cl)c1ccccc1)C1CC1. The van der Waals surface area contributed by atoms with Crippen molar-refractivity contribution >= 4 is 23.4 Å². The Kier molecular flexibility index (Phi) is 5.94. The lowest BCUT2D eigenvalue weighted by Crippen LogP contribution is -2.38. The van der Waals surface area contributed by atoms with Crippen LogP contribution in [-0.4, -0.2) is 17.9 Å². The van der Waals surface area contributed by atoms with Gasteiger partial charge < -0.3 is 10.6 Å². The highest BCUT2D eigenvalue weighted by Gasteiger charge is 2.29. The Hall–Kier alpha value is -2.33. The fraction of sp³-hybridized carbons (Fsp3) is 0.333. The zero-order valence-electron chi connectivity index (χ0n) is 14.7. The van der Waals surface area contributed by atoms with Gasteiger partial charge in [-0.2, -0.15) is 0 Å². The van der Waals surface area contributed by atoms with E-state index in [1.165, 1.54) is 12.8 Å². The Morgan fingerprint density at radius 3 is 2.35 bits per heavy atom. The van der Waals surface area contributed by atoms with Crippen molar-refractivity contribution in [1.82, 2.24) is 10.6 Å². The summed E-state index contributed by atoms with van der Waals surface area (Å²) in [4.78, 5) is 25.1. The smallest absolute Gasteiger partial charge is 0.253 e. The molecule has 2 aromatic carbocycles. The normalized spacial score (nSPS) is 15.8. The second-order valence-corrected chi connectivity index (χ2v) is 7.22. The van der Waals surface area contributed by atoms with Gasteiger partial charge in [0.05, 0.1) is 23.0 Å². The van der Waals surface area contributed by atoms with Gasteiger partial charge in [-0.1, -0.05) is 54.1 Å². The first-order chi connectivity index (χ1) is 12.5. The van der Waals surface area contributed by atoms with Crippen LogP contribution in [0.4, 0.5) is 0 Å². The molecule has 2 N–H and O–H groups in total. The standard InChI is InChI=1S/C21H23ClN2O2/c1-14(15-11-12-15)23-20(25)13-19(16-7-3-2-4-8-16)24-21(26)17-9-5-6-10-18(17)22/h2-10,14-15,19H,11-13H2,1H3,(H,23,25)(H,24,26). The summed E-state index contributed by atoms with van der Waals surface area (Å²) in [5.74, 6) is 0.247. The molecular formula is C21H23ClN2O2. The summed E-state index contributed by atoms with van der Waals surface area (Å²) in [6.45, 7) is 2.04. The van der Waals surface area contributed by atoms with Gasteiger partial charge in [0.2, 0.25) is 5.91 Å². The number of benzene rings is 2. The summed E-state index contributed by atoms with van der Waals surface area (Å²) in [6.07, 6.45) is 2.54. The Morgan fingerprint density at radius 2 is 1.69 bits per heavy atom. The second-order valence-electron chi connectivity index (χ2n) is 6.81. The molecule has 2 unspecified atom stereocenters. The van der Waals surface area contributed by atoms with Crippen LogP contribution in [0.25, 0.3) is 0 Å². The Morgan fingerprint density at radius 1 is 1.04 bits per heavy atom. The number of hydrogen-bond donors (Lipinski definition) is 2. The molecule has 4 nitrogen and oxygen atoms in total. The molecule has 26 heavy (non-hydrogen) atoms. The average Bonchev–Trinajstić information content (AvgIpc) is 3.47. The van der Waals surface area contributed by atoms with E-state index in [-0.39, 0.29) is 24.3 Å². The molecule has 0 aromatic heterocycles. The van der Waals surface area contributed by atoms with E-state index < -0.39 is 6.04 Å². The van der Waals surface area contributed by atoms with Crippen LogP contribution in [0.1, 0.15) is 48.1 Å². The summed E-state index contributed by atoms with van der Waals surface area (Å²) < 4.78 is 0. The first kappa shape index (κ1) is 18.5. The molecule has 1 aliphatic carbocycles. The topological polar surface area (TPSA) is 58.2 Å². The van der Waals surface area contributed by atoms with E-state index in [0.29, 0.717) is 16.5 Å². The molecule has 0 aliphatic heterocycles. The molecular weight excluding hydrogens is 348 g/mol. The van der Waals surface area contributed by atoms with Gasteiger partial charge in [-0.25, -0.2) is 0 Å². The average molecular weight is 371 g/mol. The summed E-state index contributed by atoms with van der Waals surface area (Å²) >= 11 is 6.12. The predicted octanol–water partition coefficient (Wildman–Crippen LogP) is 4.12. The van der Waals surface area contributed by atoms with Crippen molar-refractivity contribution in [3.8, 4) is 0 Å². The molecule has 0 heterocycles. The number of rotatable bonds is 7. The number of carbonyl (C=O) groups is 2. The third-order valence-corrected chi connectivity index (χ3v) is 5.06. The molecule has 136 valence electrons. The van der Waals surface area contributed by atoms with Crippen LogP contribution in [0.3, 0.4) is 0 Å². The molecule has 2 aromatic rings. The first-order valence-corrected chi connectivity index (χ1v) is 9.32. The van der Waals surface area contributed by atoms with Crippen molar-refractivity contribution in [2.24, 2.45) is 5.92 Å². The highest BCUT2D eigenvalue weighted by atomic mass is 35.5. The summed E-state index contributed by atoms with van der Waals surface area (Å²) in [6, 6.07) is 16.2. The van der Waals surface area contributed by atoms with Crippen molar-refractivity contribution in [3.63, 3.8) is 0 Å². The highest BCUT2D eigenvalue weighted by molar-refractivity contribution is 6.33. The summed E-state index contributed by atoms with van der Waals surface area (Å²) in [5.41, 5.74) is 1.30. The van der Waals surface area contributed by atoms with Crippen LogP contribution >= 0.6 is 11.6 Å². The lowest BCUT2D eigenvalue weighted by Gasteiger charge is -2.21. The zero-order valence-corrected chi connectivity index (χ0v) is 15.5. The molecule has 1 fully saturated rings. The van der Waals surface area contributed by atoms with E-state index in [4.69, 9.17) is 11.6 Å². The molecule has 0 bridgehead atoms. The molecule has 2 amide bonds. The van der Waals surface area contributed by atoms with Crippen LogP contribution in [-0.2, 0) is 4.79 Å². The molecule has 0 spiro atoms. The van der Waals surface area contributed by atoms with Gasteiger partial charge in [0.25, 0.3) is 5.91 Å². The van der Waals surface area contributed by atoms with Crippen molar-refractivity contribution in [1.29, 1.82) is 0 Å². The van der Waals surface area contributed by atoms with Crippen molar-refractivity contribution < 1.29 is 9.59 Å². The van der Waals surface area contributed by atoms with Crippen LogP contribution in [0.15, 0.2) is 54.6 Å². The van der Waals surface area contributed by atoms with Gasteiger partial charge in [-0.3, -0.25) is 9.59 Å². The van der Waals surface area contributed by atoms with Gasteiger partial charge in [0, 0.05) is 6.04 Å². The fourth-order valence-electron chi connectivity index (χ4n) is 3.03. The molecule has 1 saturated carbocycles. The van der Waals surface area contributed by atoms with Gasteiger partial charge in [-0.05, 0) is 43.4 Å². The largest absolute Gasteiger partial charge is 0.353 e. The lowest BCUT2D eigenvalue weighted by molar-refractivity contribution is -0.122. The second kappa shape index (κ2) is 8.37. The van der Waals surface area contributed by atoms with E-state index in [0.717, 1.165) is 5.56 Å². The maximum Gasteiger partial charge on any atom is 0.253 e. The molecule has 5 heteroatoms. The summed E-state index contributed by atoms with van der Waals surface area (Å²) in [5, 5.41) is 6.40. The van der Waals surface area contributed by atoms with Crippen LogP contribution in [0, 0.1) is 5.92 Å². The summed E-state index contributed by atoms with van der Waals surface area (Å²) in [7, 11) is 0. The lowest BCUT2D eigenvalue weighted by atomic mass is 10.0. The van der Waals surface area contributed by atoms with E-state index >= 15 is 0 Å². The third-order valence-electron chi connectivity index (χ3n) is 4.73. The van der Waals surface area contributed by atoms with E-state index in [1.54, 1.807) is 24.3 Å². The number of carbonyl (C=O) groups excluding carboxylic acids is 2. The van der Waals surface area contributed by atoms with Crippen LogP contribution in [0.2, 0.25) is 5.02 Å². The highest BCUT2D eigenvalue weighted by Crippen LogP contribution is 2.32. The van der Waals surface area contributed by atoms with Gasteiger partial charge in [0.1, 0.15) is 0 Å². The first-order valence-electron chi connectivity index (χ1n) is 8.94. The van der Waals surface area contributed by atoms with Crippen molar-refractivity contribution in [2.45, 2.75) is 38.3 Å². The van der Waals surface area contributed by atoms with Gasteiger partial charge >= 0.3 is 0 Å². The number of hydrogen-bond acceptors (Lipinski definition) is 2. The molecule has 0 radical (unpaired) electrons. The van der Waals surface area contributed by atoms with Crippen molar-refractivity contribution in [2.75, 3.05) is 0 Å². The van der Waals surface area contributed by atoms with Gasteiger partial charge in [0.15, 0.2) is 0 Å².